The van der Waals surface area contributed by atoms with Crippen LogP contribution >= 0.6 is 31.9 Å². The first-order valence-electron chi connectivity index (χ1n) is 5.30. The van der Waals surface area contributed by atoms with Gasteiger partial charge in [0, 0.05) is 15.0 Å². The van der Waals surface area contributed by atoms with Crippen LogP contribution in [0.25, 0.3) is 0 Å². The second-order valence-electron chi connectivity index (χ2n) is 3.69. The van der Waals surface area contributed by atoms with Crippen LogP contribution < -0.4 is 5.32 Å². The molecule has 1 rings (SSSR count). The van der Waals surface area contributed by atoms with Gasteiger partial charge >= 0.3 is 0 Å². The number of halogens is 2. The van der Waals surface area contributed by atoms with Crippen LogP contribution in [-0.2, 0) is 0 Å². The third kappa shape index (κ3) is 4.25. The molecule has 84 valence electrons. The Labute approximate surface area is 109 Å². The summed E-state index contributed by atoms with van der Waals surface area (Å²) < 4.78 is 2.26. The topological polar surface area (TPSA) is 12.0 Å². The van der Waals surface area contributed by atoms with E-state index in [1.807, 2.05) is 7.05 Å². The molecule has 15 heavy (non-hydrogen) atoms. The number of nitrogens with one attached hydrogen (secondary N) is 1. The van der Waals surface area contributed by atoms with Gasteiger partial charge in [-0.15, -0.1) is 0 Å². The van der Waals surface area contributed by atoms with Crippen molar-refractivity contribution in [1.29, 1.82) is 0 Å². The molecule has 1 aromatic carbocycles. The molecule has 0 heterocycles. The first kappa shape index (κ1) is 13.2. The predicted molar refractivity (Wildman–Crippen MR) is 73.2 cm³/mol. The molecule has 0 bridgehead atoms. The van der Waals surface area contributed by atoms with E-state index in [1.165, 1.54) is 24.8 Å². The Morgan fingerprint density at radius 1 is 1.20 bits per heavy atom. The lowest BCUT2D eigenvalue weighted by Gasteiger charge is -2.17. The van der Waals surface area contributed by atoms with Crippen LogP contribution in [0.4, 0.5) is 0 Å². The van der Waals surface area contributed by atoms with Crippen LogP contribution in [0.1, 0.15) is 37.8 Å². The van der Waals surface area contributed by atoms with Crippen LogP contribution in [0.5, 0.6) is 0 Å². The Hall–Kier alpha value is 0.140. The summed E-state index contributed by atoms with van der Waals surface area (Å²) in [6.07, 6.45) is 3.69. The fraction of sp³-hybridized carbons (Fsp3) is 0.500. The van der Waals surface area contributed by atoms with Gasteiger partial charge in [-0.1, -0.05) is 51.6 Å². The van der Waals surface area contributed by atoms with Gasteiger partial charge in [0.05, 0.1) is 0 Å². The van der Waals surface area contributed by atoms with E-state index >= 15 is 0 Å². The smallest absolute Gasteiger partial charge is 0.0318 e. The van der Waals surface area contributed by atoms with Gasteiger partial charge in [0.1, 0.15) is 0 Å². The maximum Gasteiger partial charge on any atom is 0.0318 e. The van der Waals surface area contributed by atoms with Crippen molar-refractivity contribution in [3.8, 4) is 0 Å². The molecule has 1 nitrogen and oxygen atoms in total. The molecule has 0 aliphatic carbocycles. The fourth-order valence-electron chi connectivity index (χ4n) is 1.66. The molecule has 0 saturated carbocycles. The van der Waals surface area contributed by atoms with E-state index in [9.17, 15) is 0 Å². The lowest BCUT2D eigenvalue weighted by Crippen LogP contribution is -2.16. The number of hydrogen-bond donors (Lipinski definition) is 1. The first-order valence-corrected chi connectivity index (χ1v) is 6.89. The van der Waals surface area contributed by atoms with Gasteiger partial charge in [0.25, 0.3) is 0 Å². The van der Waals surface area contributed by atoms with Crippen molar-refractivity contribution in [3.05, 3.63) is 32.7 Å². The fourth-order valence-corrected chi connectivity index (χ4v) is 2.99. The third-order valence-corrected chi connectivity index (χ3v) is 3.40. The molecule has 0 amide bonds. The first-order chi connectivity index (χ1) is 7.17. The highest BCUT2D eigenvalue weighted by atomic mass is 79.9. The van der Waals surface area contributed by atoms with Gasteiger partial charge in [-0.05, 0) is 37.2 Å². The van der Waals surface area contributed by atoms with Gasteiger partial charge in [0.2, 0.25) is 0 Å². The summed E-state index contributed by atoms with van der Waals surface area (Å²) in [5, 5.41) is 3.37. The maximum atomic E-state index is 3.52. The van der Waals surface area contributed by atoms with Crippen molar-refractivity contribution < 1.29 is 0 Å². The average molecular weight is 335 g/mol. The molecule has 0 aliphatic rings. The molecule has 0 fully saturated rings. The van der Waals surface area contributed by atoms with Gasteiger partial charge in [0.15, 0.2) is 0 Å². The van der Waals surface area contributed by atoms with E-state index in [4.69, 9.17) is 0 Å². The molecular weight excluding hydrogens is 318 g/mol. The number of unbranched alkanes of at least 4 members (excludes halogenated alkanes) is 1. The predicted octanol–water partition coefficient (Wildman–Crippen LogP) is 4.66. The van der Waals surface area contributed by atoms with Gasteiger partial charge in [-0.3, -0.25) is 0 Å². The Morgan fingerprint density at radius 2 is 1.80 bits per heavy atom. The Morgan fingerprint density at radius 3 is 2.27 bits per heavy atom. The van der Waals surface area contributed by atoms with Gasteiger partial charge in [-0.2, -0.15) is 0 Å². The van der Waals surface area contributed by atoms with Crippen LogP contribution in [0.2, 0.25) is 0 Å². The minimum absolute atomic E-state index is 0.457. The van der Waals surface area contributed by atoms with Crippen molar-refractivity contribution in [2.45, 2.75) is 32.2 Å². The average Bonchev–Trinajstić information content (AvgIpc) is 2.17. The molecule has 0 spiro atoms. The molecule has 1 unspecified atom stereocenters. The van der Waals surface area contributed by atoms with Crippen molar-refractivity contribution in [3.63, 3.8) is 0 Å². The summed E-state index contributed by atoms with van der Waals surface area (Å²) in [5.41, 5.74) is 1.34. The van der Waals surface area contributed by atoms with E-state index in [0.717, 1.165) is 8.95 Å². The lowest BCUT2D eigenvalue weighted by molar-refractivity contribution is 0.522. The van der Waals surface area contributed by atoms with Crippen LogP contribution in [-0.4, -0.2) is 7.05 Å². The third-order valence-electron chi connectivity index (χ3n) is 2.48. The zero-order valence-electron chi connectivity index (χ0n) is 9.19. The molecule has 3 heteroatoms. The molecule has 1 atom stereocenters. The quantitative estimate of drug-likeness (QED) is 0.825. The Balaban J connectivity index is 2.81. The van der Waals surface area contributed by atoms with Crippen LogP contribution in [0, 0.1) is 0 Å². The van der Waals surface area contributed by atoms with E-state index in [2.05, 4.69) is 62.3 Å². The molecule has 0 saturated heterocycles. The summed E-state index contributed by atoms with van der Waals surface area (Å²) in [4.78, 5) is 0. The largest absolute Gasteiger partial charge is 0.313 e. The number of rotatable bonds is 5. The summed E-state index contributed by atoms with van der Waals surface area (Å²) in [6.45, 7) is 2.23. The van der Waals surface area contributed by atoms with E-state index in [1.54, 1.807) is 0 Å². The maximum absolute atomic E-state index is 3.52. The SMILES string of the molecule is CCCCC(NC)c1cc(Br)cc(Br)c1. The molecule has 0 radical (unpaired) electrons. The van der Waals surface area contributed by atoms with Gasteiger partial charge < -0.3 is 5.32 Å². The van der Waals surface area contributed by atoms with Gasteiger partial charge in [-0.25, -0.2) is 0 Å². The van der Waals surface area contributed by atoms with E-state index < -0.39 is 0 Å². The second kappa shape index (κ2) is 6.66. The van der Waals surface area contributed by atoms with Crippen LogP contribution in [0.15, 0.2) is 27.1 Å². The van der Waals surface area contributed by atoms with Crippen molar-refractivity contribution >= 4 is 31.9 Å². The molecule has 0 aliphatic heterocycles. The minimum atomic E-state index is 0.457. The highest BCUT2D eigenvalue weighted by Gasteiger charge is 2.09. The Bertz CT molecular complexity index is 292. The second-order valence-corrected chi connectivity index (χ2v) is 5.52. The van der Waals surface area contributed by atoms with Crippen LogP contribution in [0.3, 0.4) is 0 Å². The molecule has 0 aromatic heterocycles. The Kier molecular flexibility index (Phi) is 5.87. The normalized spacial score (nSPS) is 12.8. The monoisotopic (exact) mass is 333 g/mol. The summed E-state index contributed by atoms with van der Waals surface area (Å²) in [6, 6.07) is 6.89. The minimum Gasteiger partial charge on any atom is -0.313 e. The molecule has 1 aromatic rings. The summed E-state index contributed by atoms with van der Waals surface area (Å²) in [7, 11) is 2.02. The number of hydrogen-bond acceptors (Lipinski definition) is 1. The summed E-state index contributed by atoms with van der Waals surface area (Å²) in [5.74, 6) is 0. The zero-order valence-corrected chi connectivity index (χ0v) is 12.4. The van der Waals surface area contributed by atoms with Crippen molar-refractivity contribution in [2.24, 2.45) is 0 Å². The van der Waals surface area contributed by atoms with Crippen molar-refractivity contribution in [2.75, 3.05) is 7.05 Å². The summed E-state index contributed by atoms with van der Waals surface area (Å²) >= 11 is 7.04. The zero-order chi connectivity index (χ0) is 11.3. The van der Waals surface area contributed by atoms with E-state index in [-0.39, 0.29) is 0 Å². The number of benzene rings is 1. The van der Waals surface area contributed by atoms with E-state index in [0.29, 0.717) is 6.04 Å². The molecular formula is C12H17Br2N. The highest BCUT2D eigenvalue weighted by Crippen LogP contribution is 2.26. The lowest BCUT2D eigenvalue weighted by atomic mass is 10.0. The standard InChI is InChI=1S/C12H17Br2N/c1-3-4-5-12(15-2)9-6-10(13)8-11(14)7-9/h6-8,12,15H,3-5H2,1-2H3. The van der Waals surface area contributed by atoms with Crippen molar-refractivity contribution in [1.82, 2.24) is 5.32 Å². The highest BCUT2D eigenvalue weighted by molar-refractivity contribution is 9.11. The molecule has 1 N–H and O–H groups in total.